The molecule has 0 aliphatic carbocycles. The summed E-state index contributed by atoms with van der Waals surface area (Å²) in [6, 6.07) is 3.32. The molecule has 0 amide bonds. The highest BCUT2D eigenvalue weighted by Crippen LogP contribution is 2.01. The molecule has 7 nitrogen and oxygen atoms in total. The first-order chi connectivity index (χ1) is 7.15. The van der Waals surface area contributed by atoms with Gasteiger partial charge in [0.25, 0.3) is 0 Å². The van der Waals surface area contributed by atoms with Gasteiger partial charge in [-0.25, -0.2) is 11.4 Å². The number of nitrogens with one attached hydrogen (secondary N) is 2. The normalized spacial score (nSPS) is 8.07. The topological polar surface area (TPSA) is 130 Å². The van der Waals surface area contributed by atoms with Crippen molar-refractivity contribution in [3.63, 3.8) is 0 Å². The number of hydrogen-bond acceptors (Lipinski definition) is 6. The molecule has 1 aromatic heterocycles. The maximum absolute atomic E-state index is 10.1. The Kier molecular flexibility index (Phi) is 6.51. The molecule has 8 heteroatoms. The van der Waals surface area contributed by atoms with Crippen LogP contribution in [-0.4, -0.2) is 16.4 Å². The summed E-state index contributed by atoms with van der Waals surface area (Å²) in [7, 11) is 0. The summed E-state index contributed by atoms with van der Waals surface area (Å²) >= 11 is 4.27. The number of pyridine rings is 1. The number of rotatable bonds is 1. The van der Waals surface area contributed by atoms with Crippen molar-refractivity contribution >= 4 is 29.3 Å². The highest BCUT2D eigenvalue weighted by atomic mass is 32.1. The van der Waals surface area contributed by atoms with Gasteiger partial charge in [0.1, 0.15) is 5.69 Å². The van der Waals surface area contributed by atoms with Crippen molar-refractivity contribution in [2.45, 2.75) is 0 Å². The van der Waals surface area contributed by atoms with Crippen molar-refractivity contribution in [2.24, 2.45) is 11.0 Å². The minimum Gasteiger partial charge on any atom is -0.397 e. The zero-order chi connectivity index (χ0) is 11.7. The molecule has 1 rings (SSSR count). The second kappa shape index (κ2) is 7.47. The van der Waals surface area contributed by atoms with Crippen LogP contribution in [0.5, 0.6) is 0 Å². The van der Waals surface area contributed by atoms with Gasteiger partial charge in [-0.3, -0.25) is 15.2 Å². The zero-order valence-corrected chi connectivity index (χ0v) is 8.49. The molecule has 80 valence electrons. The summed E-state index contributed by atoms with van der Waals surface area (Å²) in [6.45, 7) is 0. The number of aldehydes is 1. The van der Waals surface area contributed by atoms with E-state index >= 15 is 0 Å². The molecule has 6 N–H and O–H groups in total. The Bertz CT molecular complexity index is 355. The molecule has 0 aliphatic rings. The van der Waals surface area contributed by atoms with Gasteiger partial charge in [-0.15, -0.1) is 5.11 Å². The first-order valence-electron chi connectivity index (χ1n) is 3.69. The molecule has 0 fully saturated rings. The molecule has 0 saturated carbocycles. The SMILES string of the molecule is N=NC(=S)NN.Nc1cccnc1C=O. The highest BCUT2D eigenvalue weighted by molar-refractivity contribution is 7.80. The lowest BCUT2D eigenvalue weighted by atomic mass is 10.3. The Balaban J connectivity index is 0.000000288. The Morgan fingerprint density at radius 1 is 1.73 bits per heavy atom. The summed E-state index contributed by atoms with van der Waals surface area (Å²) < 4.78 is 0. The first-order valence-corrected chi connectivity index (χ1v) is 4.10. The zero-order valence-electron chi connectivity index (χ0n) is 7.68. The van der Waals surface area contributed by atoms with E-state index in [2.05, 4.69) is 28.2 Å². The van der Waals surface area contributed by atoms with E-state index in [0.717, 1.165) is 0 Å². The van der Waals surface area contributed by atoms with Crippen molar-refractivity contribution in [3.8, 4) is 0 Å². The quantitative estimate of drug-likeness (QED) is 0.178. The fraction of sp³-hybridized carbons (Fsp3) is 0. The van der Waals surface area contributed by atoms with E-state index in [9.17, 15) is 4.79 Å². The molecule has 1 aromatic rings. The molecule has 0 bridgehead atoms. The maximum Gasteiger partial charge on any atom is 0.227 e. The summed E-state index contributed by atoms with van der Waals surface area (Å²) in [5, 5.41) is 2.75. The average Bonchev–Trinajstić information content (AvgIpc) is 2.29. The smallest absolute Gasteiger partial charge is 0.227 e. The van der Waals surface area contributed by atoms with Crippen LogP contribution in [-0.2, 0) is 0 Å². The Morgan fingerprint density at radius 3 is 2.67 bits per heavy atom. The molecule has 0 unspecified atom stereocenters. The second-order valence-electron chi connectivity index (χ2n) is 2.16. The minimum atomic E-state index is -0.00463. The molecule has 0 aliphatic heterocycles. The predicted octanol–water partition coefficient (Wildman–Crippen LogP) is 0.242. The van der Waals surface area contributed by atoms with Gasteiger partial charge in [0, 0.05) is 6.20 Å². The van der Waals surface area contributed by atoms with E-state index in [-0.39, 0.29) is 5.11 Å². The van der Waals surface area contributed by atoms with Gasteiger partial charge < -0.3 is 5.73 Å². The van der Waals surface area contributed by atoms with E-state index in [1.807, 2.05) is 5.43 Å². The van der Waals surface area contributed by atoms with Crippen LogP contribution in [0.3, 0.4) is 0 Å². The van der Waals surface area contributed by atoms with E-state index in [1.165, 1.54) is 6.20 Å². The van der Waals surface area contributed by atoms with Crippen LogP contribution >= 0.6 is 12.2 Å². The van der Waals surface area contributed by atoms with Crippen LogP contribution < -0.4 is 17.0 Å². The molecule has 0 aromatic carbocycles. The number of hydrogen-bond donors (Lipinski definition) is 4. The molecule has 0 atom stereocenters. The van der Waals surface area contributed by atoms with Crippen LogP contribution in [0.15, 0.2) is 23.4 Å². The summed E-state index contributed by atoms with van der Waals surface area (Å²) in [6.07, 6.45) is 2.16. The second-order valence-corrected chi connectivity index (χ2v) is 2.54. The third kappa shape index (κ3) is 5.39. The number of anilines is 1. The van der Waals surface area contributed by atoms with Crippen molar-refractivity contribution in [2.75, 3.05) is 5.73 Å². The van der Waals surface area contributed by atoms with Crippen molar-refractivity contribution in [1.82, 2.24) is 10.4 Å². The summed E-state index contributed by atoms with van der Waals surface area (Å²) in [4.78, 5) is 13.8. The molecule has 1 heterocycles. The van der Waals surface area contributed by atoms with Crippen LogP contribution in [0.25, 0.3) is 0 Å². The number of nitrogens with zero attached hydrogens (tertiary/aromatic N) is 2. The first kappa shape index (κ1) is 13.1. The van der Waals surface area contributed by atoms with Crippen LogP contribution in [0, 0.1) is 5.53 Å². The Hall–Kier alpha value is -1.93. The van der Waals surface area contributed by atoms with E-state index in [4.69, 9.17) is 11.3 Å². The fourth-order valence-electron chi connectivity index (χ4n) is 0.561. The summed E-state index contributed by atoms with van der Waals surface area (Å²) in [5.41, 5.74) is 14.2. The van der Waals surface area contributed by atoms with Crippen LogP contribution in [0.4, 0.5) is 5.69 Å². The number of carbonyl (C=O) groups is 1. The number of thiocarbonyl (C=S) groups is 1. The van der Waals surface area contributed by atoms with Crippen molar-refractivity contribution in [3.05, 3.63) is 24.0 Å². The lowest BCUT2D eigenvalue weighted by molar-refractivity contribution is 0.112. The minimum absolute atomic E-state index is 0.00463. The lowest BCUT2D eigenvalue weighted by Crippen LogP contribution is -2.26. The van der Waals surface area contributed by atoms with E-state index in [0.29, 0.717) is 17.7 Å². The van der Waals surface area contributed by atoms with E-state index < -0.39 is 0 Å². The van der Waals surface area contributed by atoms with Crippen molar-refractivity contribution in [1.29, 1.82) is 5.53 Å². The molecular formula is C7H10N6OS. The van der Waals surface area contributed by atoms with Gasteiger partial charge in [-0.2, -0.15) is 0 Å². The van der Waals surface area contributed by atoms with Crippen molar-refractivity contribution < 1.29 is 4.79 Å². The van der Waals surface area contributed by atoms with Gasteiger partial charge in [-0.1, -0.05) is 0 Å². The molecule has 0 radical (unpaired) electrons. The lowest BCUT2D eigenvalue weighted by Gasteiger charge is -1.91. The van der Waals surface area contributed by atoms with Gasteiger partial charge in [-0.05, 0) is 24.4 Å². The Labute approximate surface area is 91.3 Å². The van der Waals surface area contributed by atoms with Crippen LogP contribution in [0.1, 0.15) is 10.5 Å². The largest absolute Gasteiger partial charge is 0.397 e. The third-order valence-corrected chi connectivity index (χ3v) is 1.42. The predicted molar refractivity (Wildman–Crippen MR) is 59.1 cm³/mol. The number of carbonyl (C=O) groups excluding carboxylic acids is 1. The van der Waals surface area contributed by atoms with Gasteiger partial charge in [0.2, 0.25) is 5.11 Å². The molecule has 15 heavy (non-hydrogen) atoms. The van der Waals surface area contributed by atoms with Gasteiger partial charge >= 0.3 is 0 Å². The third-order valence-electron chi connectivity index (χ3n) is 1.21. The standard InChI is InChI=1S/C6H6N2O.CH4N4S/c7-5-2-1-3-8-6(5)4-9;2-4-1(6)5-3/h1-4H,7H2;2H,3H2,(H,5,6). The number of nitrogen functional groups attached to an aromatic ring is 1. The van der Waals surface area contributed by atoms with Gasteiger partial charge in [0.15, 0.2) is 6.29 Å². The van der Waals surface area contributed by atoms with Gasteiger partial charge in [0.05, 0.1) is 5.69 Å². The summed E-state index contributed by atoms with van der Waals surface area (Å²) in [5.74, 6) is 4.68. The maximum atomic E-state index is 10.1. The Morgan fingerprint density at radius 2 is 2.40 bits per heavy atom. The van der Waals surface area contributed by atoms with Crippen LogP contribution in [0.2, 0.25) is 0 Å². The number of hydrazine groups is 1. The molecular weight excluding hydrogens is 216 g/mol. The fourth-order valence-corrected chi connectivity index (χ4v) is 0.561. The molecule has 0 spiro atoms. The number of aromatic nitrogens is 1. The number of nitrogens with two attached hydrogens (primary N) is 2. The highest BCUT2D eigenvalue weighted by Gasteiger charge is 1.92. The monoisotopic (exact) mass is 226 g/mol. The van der Waals surface area contributed by atoms with E-state index in [1.54, 1.807) is 12.1 Å². The molecule has 0 saturated heterocycles. The average molecular weight is 226 g/mol.